The molecular weight excluding hydrogens is 264 g/mol. The lowest BCUT2D eigenvalue weighted by Gasteiger charge is -2.44. The van der Waals surface area contributed by atoms with E-state index in [2.05, 4.69) is 27.4 Å². The third kappa shape index (κ3) is 4.43. The van der Waals surface area contributed by atoms with E-state index >= 15 is 0 Å². The normalized spacial score (nSPS) is 16.4. The van der Waals surface area contributed by atoms with Gasteiger partial charge in [-0.1, -0.05) is 6.92 Å². The largest absolute Gasteiger partial charge is 0.332 e. The fourth-order valence-corrected chi connectivity index (χ4v) is 2.83. The highest BCUT2D eigenvalue weighted by molar-refractivity contribution is 5.75. The fourth-order valence-electron chi connectivity index (χ4n) is 2.83. The average Bonchev–Trinajstić information content (AvgIpc) is 2.42. The van der Waals surface area contributed by atoms with Gasteiger partial charge in [0.05, 0.1) is 17.8 Å². The molecule has 1 heterocycles. The Morgan fingerprint density at radius 1 is 1.43 bits per heavy atom. The summed E-state index contributed by atoms with van der Waals surface area (Å²) < 4.78 is 0. The Kier molecular flexibility index (Phi) is 5.17. The smallest absolute Gasteiger partial charge is 0.315 e. The molecule has 1 saturated carbocycles. The van der Waals surface area contributed by atoms with Crippen LogP contribution in [0.15, 0.2) is 18.3 Å². The molecule has 2 rings (SSSR count). The summed E-state index contributed by atoms with van der Waals surface area (Å²) in [5.74, 6) is 0. The Morgan fingerprint density at radius 3 is 2.76 bits per heavy atom. The number of aryl methyl sites for hydroxylation is 1. The zero-order valence-corrected chi connectivity index (χ0v) is 13.3. The summed E-state index contributed by atoms with van der Waals surface area (Å²) in [6.07, 6.45) is 6.08. The molecule has 0 spiro atoms. The van der Waals surface area contributed by atoms with Crippen LogP contribution in [0.2, 0.25) is 0 Å². The maximum absolute atomic E-state index is 12.1. The van der Waals surface area contributed by atoms with Crippen molar-refractivity contribution in [1.29, 1.82) is 0 Å². The van der Waals surface area contributed by atoms with E-state index in [1.807, 2.05) is 26.2 Å². The number of nitrogens with one attached hydrogen (secondary N) is 2. The molecule has 1 aliphatic rings. The van der Waals surface area contributed by atoms with Gasteiger partial charge in [-0.25, -0.2) is 4.79 Å². The zero-order valence-electron chi connectivity index (χ0n) is 13.3. The van der Waals surface area contributed by atoms with E-state index in [0.29, 0.717) is 6.54 Å². The van der Waals surface area contributed by atoms with E-state index in [9.17, 15) is 4.79 Å². The fraction of sp³-hybridized carbons (Fsp3) is 0.625. The van der Waals surface area contributed by atoms with E-state index in [1.54, 1.807) is 6.20 Å². The summed E-state index contributed by atoms with van der Waals surface area (Å²) in [6.45, 7) is 3.47. The van der Waals surface area contributed by atoms with Gasteiger partial charge in [-0.05, 0) is 57.5 Å². The van der Waals surface area contributed by atoms with Crippen molar-refractivity contribution in [2.24, 2.45) is 0 Å². The highest BCUT2D eigenvalue weighted by Crippen LogP contribution is 2.32. The van der Waals surface area contributed by atoms with Gasteiger partial charge in [0.2, 0.25) is 0 Å². The number of likely N-dealkylation sites (N-methyl/N-ethyl adjacent to an activating group) is 1. The monoisotopic (exact) mass is 290 g/mol. The maximum atomic E-state index is 12.1. The van der Waals surface area contributed by atoms with E-state index in [4.69, 9.17) is 0 Å². The minimum atomic E-state index is -0.0970. The van der Waals surface area contributed by atoms with Crippen LogP contribution in [0, 0.1) is 0 Å². The SMILES string of the molecule is CCc1ccnc(CNC(=O)NC2(CN(C)C)CCC2)c1. The molecule has 116 valence electrons. The van der Waals surface area contributed by atoms with Crippen molar-refractivity contribution >= 4 is 6.03 Å². The minimum absolute atomic E-state index is 0.0493. The molecule has 0 saturated heterocycles. The summed E-state index contributed by atoms with van der Waals surface area (Å²) in [4.78, 5) is 18.5. The van der Waals surface area contributed by atoms with Crippen molar-refractivity contribution in [2.75, 3.05) is 20.6 Å². The van der Waals surface area contributed by atoms with Gasteiger partial charge >= 0.3 is 6.03 Å². The van der Waals surface area contributed by atoms with Crippen LogP contribution in [0.3, 0.4) is 0 Å². The first kappa shape index (κ1) is 15.8. The van der Waals surface area contributed by atoms with Crippen LogP contribution >= 0.6 is 0 Å². The molecule has 1 aromatic heterocycles. The van der Waals surface area contributed by atoms with E-state index in [0.717, 1.165) is 31.5 Å². The number of nitrogens with zero attached hydrogens (tertiary/aromatic N) is 2. The molecular formula is C16H26N4O. The predicted molar refractivity (Wildman–Crippen MR) is 84.1 cm³/mol. The first-order chi connectivity index (χ1) is 10.0. The van der Waals surface area contributed by atoms with Gasteiger partial charge in [-0.15, -0.1) is 0 Å². The number of rotatable bonds is 6. The third-order valence-corrected chi connectivity index (χ3v) is 4.03. The average molecular weight is 290 g/mol. The van der Waals surface area contributed by atoms with E-state index in [-0.39, 0.29) is 11.6 Å². The topological polar surface area (TPSA) is 57.3 Å². The van der Waals surface area contributed by atoms with E-state index < -0.39 is 0 Å². The number of carbonyl (C=O) groups excluding carboxylic acids is 1. The first-order valence-electron chi connectivity index (χ1n) is 7.67. The van der Waals surface area contributed by atoms with Crippen molar-refractivity contribution in [2.45, 2.75) is 44.7 Å². The Labute approximate surface area is 127 Å². The van der Waals surface area contributed by atoms with Crippen LogP contribution in [0.25, 0.3) is 0 Å². The number of hydrogen-bond donors (Lipinski definition) is 2. The van der Waals surface area contributed by atoms with Gasteiger partial charge in [0.15, 0.2) is 0 Å². The molecule has 2 amide bonds. The lowest BCUT2D eigenvalue weighted by Crippen LogP contribution is -2.60. The Balaban J connectivity index is 1.84. The number of hydrogen-bond acceptors (Lipinski definition) is 3. The van der Waals surface area contributed by atoms with Crippen LogP contribution in [-0.4, -0.2) is 42.1 Å². The molecule has 0 aromatic carbocycles. The number of pyridine rings is 1. The Bertz CT molecular complexity index is 483. The second kappa shape index (κ2) is 6.89. The number of aromatic nitrogens is 1. The first-order valence-corrected chi connectivity index (χ1v) is 7.67. The lowest BCUT2D eigenvalue weighted by molar-refractivity contribution is 0.139. The standard InChI is InChI=1S/C16H26N4O/c1-4-13-6-9-17-14(10-13)11-18-15(21)19-16(7-5-8-16)12-20(2)3/h6,9-10H,4-5,7-8,11-12H2,1-3H3,(H2,18,19,21). The summed E-state index contributed by atoms with van der Waals surface area (Å²) in [6, 6.07) is 3.95. The van der Waals surface area contributed by atoms with Crippen molar-refractivity contribution < 1.29 is 4.79 Å². The Hall–Kier alpha value is -1.62. The van der Waals surface area contributed by atoms with Crippen molar-refractivity contribution in [3.8, 4) is 0 Å². The summed E-state index contributed by atoms with van der Waals surface area (Å²) >= 11 is 0. The van der Waals surface area contributed by atoms with Crippen molar-refractivity contribution in [3.63, 3.8) is 0 Å². The zero-order chi connectivity index (χ0) is 15.3. The summed E-state index contributed by atoms with van der Waals surface area (Å²) in [7, 11) is 4.08. The summed E-state index contributed by atoms with van der Waals surface area (Å²) in [5.41, 5.74) is 2.09. The highest BCUT2D eigenvalue weighted by atomic mass is 16.2. The van der Waals surface area contributed by atoms with Gasteiger partial charge < -0.3 is 15.5 Å². The van der Waals surface area contributed by atoms with Crippen LogP contribution in [0.4, 0.5) is 4.79 Å². The molecule has 0 bridgehead atoms. The van der Waals surface area contributed by atoms with Crippen molar-refractivity contribution in [1.82, 2.24) is 20.5 Å². The maximum Gasteiger partial charge on any atom is 0.315 e. The molecule has 2 N–H and O–H groups in total. The van der Waals surface area contributed by atoms with Gasteiger partial charge in [0, 0.05) is 12.7 Å². The highest BCUT2D eigenvalue weighted by Gasteiger charge is 2.38. The summed E-state index contributed by atoms with van der Waals surface area (Å²) in [5, 5.41) is 6.06. The second-order valence-electron chi connectivity index (χ2n) is 6.19. The number of amides is 2. The Morgan fingerprint density at radius 2 is 2.19 bits per heavy atom. The quantitative estimate of drug-likeness (QED) is 0.841. The molecule has 5 nitrogen and oxygen atoms in total. The molecule has 1 fully saturated rings. The molecule has 0 radical (unpaired) electrons. The second-order valence-corrected chi connectivity index (χ2v) is 6.19. The van der Waals surface area contributed by atoms with Crippen LogP contribution in [-0.2, 0) is 13.0 Å². The predicted octanol–water partition coefficient (Wildman–Crippen LogP) is 1.93. The van der Waals surface area contributed by atoms with Gasteiger partial charge in [0.1, 0.15) is 0 Å². The third-order valence-electron chi connectivity index (χ3n) is 4.03. The van der Waals surface area contributed by atoms with Crippen LogP contribution < -0.4 is 10.6 Å². The van der Waals surface area contributed by atoms with Crippen LogP contribution in [0.5, 0.6) is 0 Å². The molecule has 21 heavy (non-hydrogen) atoms. The molecule has 0 unspecified atom stereocenters. The number of carbonyl (C=O) groups is 1. The number of urea groups is 1. The van der Waals surface area contributed by atoms with E-state index in [1.165, 1.54) is 12.0 Å². The molecule has 1 aliphatic carbocycles. The molecule has 5 heteroatoms. The van der Waals surface area contributed by atoms with Gasteiger partial charge in [-0.2, -0.15) is 0 Å². The molecule has 1 aromatic rings. The molecule has 0 aliphatic heterocycles. The van der Waals surface area contributed by atoms with Gasteiger partial charge in [0.25, 0.3) is 0 Å². The molecule has 0 atom stereocenters. The lowest BCUT2D eigenvalue weighted by atomic mass is 9.76. The van der Waals surface area contributed by atoms with Crippen molar-refractivity contribution in [3.05, 3.63) is 29.6 Å². The van der Waals surface area contributed by atoms with Crippen LogP contribution in [0.1, 0.15) is 37.4 Å². The van der Waals surface area contributed by atoms with Gasteiger partial charge in [-0.3, -0.25) is 4.98 Å². The minimum Gasteiger partial charge on any atom is -0.332 e.